The average molecular weight is 1400 g/mol. The van der Waals surface area contributed by atoms with Gasteiger partial charge in [0, 0.05) is 12.8 Å². The molecule has 574 valence electrons. The molecule has 0 saturated carbocycles. The molecule has 0 radical (unpaired) electrons. The molecule has 9 heteroatoms. The maximum absolute atomic E-state index is 13.0. The number of carbonyl (C=O) groups excluding carboxylic acids is 3. The van der Waals surface area contributed by atoms with Gasteiger partial charge in [-0.1, -0.05) is 364 Å². The Balaban J connectivity index is 4.05. The van der Waals surface area contributed by atoms with Crippen LogP contribution in [0, 0.1) is 0 Å². The van der Waals surface area contributed by atoms with Crippen LogP contribution in [-0.2, 0) is 33.3 Å². The Morgan fingerprint density at radius 2 is 0.535 bits per heavy atom. The first-order valence-electron chi connectivity index (χ1n) is 41.3. The van der Waals surface area contributed by atoms with Gasteiger partial charge in [0.05, 0.1) is 40.3 Å². The lowest BCUT2D eigenvalue weighted by Crippen LogP contribution is -2.44. The molecule has 0 aliphatic heterocycles. The van der Waals surface area contributed by atoms with Crippen LogP contribution in [0.15, 0.2) is 170 Å². The monoisotopic (exact) mass is 1400 g/mol. The van der Waals surface area contributed by atoms with Crippen molar-refractivity contribution in [3.63, 3.8) is 0 Å². The lowest BCUT2D eigenvalue weighted by Gasteiger charge is -2.26. The zero-order chi connectivity index (χ0) is 73.2. The van der Waals surface area contributed by atoms with Gasteiger partial charge in [-0.3, -0.25) is 9.59 Å². The van der Waals surface area contributed by atoms with E-state index in [-0.39, 0.29) is 38.6 Å². The number of quaternary nitrogens is 1. The molecular weight excluding hydrogens is 1250 g/mol. The van der Waals surface area contributed by atoms with E-state index in [2.05, 4.69) is 184 Å². The number of carboxylic acids is 1. The van der Waals surface area contributed by atoms with Crippen LogP contribution in [0.4, 0.5) is 0 Å². The average Bonchev–Trinajstić information content (AvgIpc) is 1.25. The predicted octanol–water partition coefficient (Wildman–Crippen LogP) is 25.6. The minimum atomic E-state index is -1.63. The fraction of sp³-hybridized carbons (Fsp3) is 0.663. The summed E-state index contributed by atoms with van der Waals surface area (Å²) in [7, 11) is 5.93. The number of nitrogens with zero attached hydrogens (tertiary/aromatic N) is 1. The standard InChI is InChI=1S/C92H153NO8/c1-6-8-10-12-14-16-18-20-22-24-26-28-30-32-34-36-38-40-42-43-44-45-46-47-49-50-52-54-56-58-60-62-64-66-68-70-72-74-76-78-80-82-89(94)99-86-88(87-100-92(91(96)97)98-85-84-93(3,4)5)101-90(95)83-81-79-77-75-73-71-69-67-65-63-61-59-57-55-53-51-48-41-39-37-35-33-31-29-27-25-23-21-19-17-15-13-11-9-7-2/h8-11,14-17,20-23,26-29,32-35,39,41,51,53,57,59,63,65,88,92H,6-7,12-13,18-19,24-25,30-31,36-38,40,42-50,52,54-56,58,60-62,64,66-87H2,1-5H3/b10-8-,11-9-,16-14-,17-15-,22-20-,23-21-,28-26-,29-27-,34-32-,35-33-,41-39-,53-51-,59-57-,65-63-. The zero-order valence-corrected chi connectivity index (χ0v) is 65.7. The molecule has 9 nitrogen and oxygen atoms in total. The van der Waals surface area contributed by atoms with E-state index in [0.717, 1.165) is 135 Å². The number of ether oxygens (including phenoxy) is 4. The number of carboxylic acid groups (broad SMARTS) is 1. The molecule has 0 bridgehead atoms. The zero-order valence-electron chi connectivity index (χ0n) is 65.7. The second kappa shape index (κ2) is 80.3. The van der Waals surface area contributed by atoms with Gasteiger partial charge in [0.2, 0.25) is 0 Å². The molecule has 0 rings (SSSR count). The van der Waals surface area contributed by atoms with Gasteiger partial charge in [-0.25, -0.2) is 0 Å². The predicted molar refractivity (Wildman–Crippen MR) is 435 cm³/mol. The van der Waals surface area contributed by atoms with Gasteiger partial charge in [-0.2, -0.15) is 0 Å². The van der Waals surface area contributed by atoms with Crippen molar-refractivity contribution in [2.45, 2.75) is 347 Å². The number of rotatable bonds is 75. The lowest BCUT2D eigenvalue weighted by atomic mass is 10.0. The fourth-order valence-electron chi connectivity index (χ4n) is 11.3. The summed E-state index contributed by atoms with van der Waals surface area (Å²) in [6.07, 6.45) is 118. The SMILES string of the molecule is CC/C=C\C/C=C\C/C=C\C/C=C\C/C=C\C/C=C\C/C=C\C/C=C\C/C=C\CCCCCCCCCC(=O)OC(COC(=O)CCCCCCCCCCCCCCCCCCCCCCCCCCC/C=C\C/C=C\C/C=C\C/C=C\C/C=C\CC)COC(OCC[N+](C)(C)C)C(=O)[O-]. The number of hydrogen-bond acceptors (Lipinski definition) is 8. The van der Waals surface area contributed by atoms with Crippen molar-refractivity contribution in [1.82, 2.24) is 0 Å². The van der Waals surface area contributed by atoms with Crippen LogP contribution < -0.4 is 5.11 Å². The Morgan fingerprint density at radius 3 is 0.792 bits per heavy atom. The van der Waals surface area contributed by atoms with E-state index in [1.807, 2.05) is 21.1 Å². The molecule has 2 atom stereocenters. The number of aliphatic carboxylic acids is 1. The van der Waals surface area contributed by atoms with Gasteiger partial charge < -0.3 is 33.3 Å². The normalized spacial score (nSPS) is 13.6. The highest BCUT2D eigenvalue weighted by Gasteiger charge is 2.22. The number of esters is 2. The molecule has 0 heterocycles. The first kappa shape index (κ1) is 95.6. The molecule has 0 spiro atoms. The molecule has 0 aliphatic rings. The Hall–Kier alpha value is -5.35. The summed E-state index contributed by atoms with van der Waals surface area (Å²) in [5, 5.41) is 11.9. The van der Waals surface area contributed by atoms with E-state index < -0.39 is 24.3 Å². The second-order valence-corrected chi connectivity index (χ2v) is 28.3. The highest BCUT2D eigenvalue weighted by molar-refractivity contribution is 5.70. The minimum Gasteiger partial charge on any atom is -0.545 e. The minimum absolute atomic E-state index is 0.139. The third-order valence-electron chi connectivity index (χ3n) is 17.5. The Kier molecular flexibility index (Phi) is 76.1. The van der Waals surface area contributed by atoms with Crippen LogP contribution in [0.2, 0.25) is 0 Å². The van der Waals surface area contributed by atoms with Crippen LogP contribution in [0.1, 0.15) is 335 Å². The highest BCUT2D eigenvalue weighted by atomic mass is 16.7. The maximum atomic E-state index is 13.0. The molecule has 0 amide bonds. The van der Waals surface area contributed by atoms with Gasteiger partial charge in [0.15, 0.2) is 12.4 Å². The van der Waals surface area contributed by atoms with Crippen LogP contribution in [-0.4, -0.2) is 82.3 Å². The fourth-order valence-corrected chi connectivity index (χ4v) is 11.3. The van der Waals surface area contributed by atoms with E-state index in [1.54, 1.807) is 0 Å². The lowest BCUT2D eigenvalue weighted by molar-refractivity contribution is -0.870. The third-order valence-corrected chi connectivity index (χ3v) is 17.5. The summed E-state index contributed by atoms with van der Waals surface area (Å²) in [5.74, 6) is -2.30. The van der Waals surface area contributed by atoms with Crippen molar-refractivity contribution in [2.75, 3.05) is 47.5 Å². The number of likely N-dealkylation sites (N-methyl/N-ethyl adjacent to an activating group) is 1. The smallest absolute Gasteiger partial charge is 0.306 e. The summed E-state index contributed by atoms with van der Waals surface area (Å²) in [5.41, 5.74) is 0. The molecule has 0 aliphatic carbocycles. The van der Waals surface area contributed by atoms with E-state index in [9.17, 15) is 19.5 Å². The van der Waals surface area contributed by atoms with Crippen molar-refractivity contribution >= 4 is 17.9 Å². The number of allylic oxidation sites excluding steroid dienone is 28. The Morgan fingerprint density at radius 1 is 0.297 bits per heavy atom. The molecule has 0 aromatic heterocycles. The Bertz CT molecular complexity index is 2280. The van der Waals surface area contributed by atoms with Crippen LogP contribution >= 0.6 is 0 Å². The summed E-state index contributed by atoms with van der Waals surface area (Å²) in [6, 6.07) is 0. The van der Waals surface area contributed by atoms with Crippen LogP contribution in [0.25, 0.3) is 0 Å². The number of unbranched alkanes of at least 4 members (excludes halogenated alkanes) is 32. The van der Waals surface area contributed by atoms with Crippen molar-refractivity contribution < 1.29 is 42.9 Å². The van der Waals surface area contributed by atoms with Crippen molar-refractivity contribution in [3.05, 3.63) is 170 Å². The molecule has 101 heavy (non-hydrogen) atoms. The maximum Gasteiger partial charge on any atom is 0.306 e. The molecular formula is C92H153NO8. The van der Waals surface area contributed by atoms with E-state index in [1.165, 1.54) is 167 Å². The molecule has 0 fully saturated rings. The molecule has 0 aromatic rings. The summed E-state index contributed by atoms with van der Waals surface area (Å²) in [4.78, 5) is 37.6. The van der Waals surface area contributed by atoms with Gasteiger partial charge in [-0.05, 0) is 128 Å². The number of carbonyl (C=O) groups is 3. The van der Waals surface area contributed by atoms with Gasteiger partial charge in [-0.15, -0.1) is 0 Å². The largest absolute Gasteiger partial charge is 0.545 e. The molecule has 0 N–H and O–H groups in total. The van der Waals surface area contributed by atoms with Gasteiger partial charge in [0.25, 0.3) is 0 Å². The van der Waals surface area contributed by atoms with E-state index in [4.69, 9.17) is 18.9 Å². The first-order valence-corrected chi connectivity index (χ1v) is 41.3. The van der Waals surface area contributed by atoms with Crippen molar-refractivity contribution in [2.24, 2.45) is 0 Å². The number of hydrogen-bond donors (Lipinski definition) is 0. The van der Waals surface area contributed by atoms with Crippen molar-refractivity contribution in [1.29, 1.82) is 0 Å². The van der Waals surface area contributed by atoms with Crippen LogP contribution in [0.5, 0.6) is 0 Å². The van der Waals surface area contributed by atoms with Crippen LogP contribution in [0.3, 0.4) is 0 Å². The summed E-state index contributed by atoms with van der Waals surface area (Å²) >= 11 is 0. The summed E-state index contributed by atoms with van der Waals surface area (Å²) in [6.45, 7) is 4.52. The summed E-state index contributed by atoms with van der Waals surface area (Å²) < 4.78 is 22.9. The van der Waals surface area contributed by atoms with E-state index in [0.29, 0.717) is 17.4 Å². The molecule has 0 aromatic carbocycles. The first-order chi connectivity index (χ1) is 49.6. The third kappa shape index (κ3) is 81.8. The molecule has 2 unspecified atom stereocenters. The van der Waals surface area contributed by atoms with E-state index >= 15 is 0 Å². The Labute approximate surface area is 622 Å². The quantitative estimate of drug-likeness (QED) is 0.0195. The highest BCUT2D eigenvalue weighted by Crippen LogP contribution is 2.18. The van der Waals surface area contributed by atoms with Gasteiger partial charge in [0.1, 0.15) is 13.2 Å². The second-order valence-electron chi connectivity index (χ2n) is 28.3. The van der Waals surface area contributed by atoms with Crippen molar-refractivity contribution in [3.8, 4) is 0 Å². The molecule has 0 saturated heterocycles. The van der Waals surface area contributed by atoms with Gasteiger partial charge >= 0.3 is 11.9 Å². The topological polar surface area (TPSA) is 111 Å².